The van der Waals surface area contributed by atoms with Crippen LogP contribution in [0.4, 0.5) is 4.79 Å². The molecule has 2 fully saturated rings. The minimum absolute atomic E-state index is 0.00534. The fraction of sp³-hybridized carbons (Fsp3) is 0.500. The first-order valence-corrected chi connectivity index (χ1v) is 14.2. The summed E-state index contributed by atoms with van der Waals surface area (Å²) < 4.78 is 0. The molecule has 0 aromatic heterocycles. The van der Waals surface area contributed by atoms with Gasteiger partial charge in [0.1, 0.15) is 0 Å². The summed E-state index contributed by atoms with van der Waals surface area (Å²) in [6.45, 7) is 8.54. The first kappa shape index (κ1) is 29.2. The summed E-state index contributed by atoms with van der Waals surface area (Å²) in [6, 6.07) is 12.7. The summed E-state index contributed by atoms with van der Waals surface area (Å²) >= 11 is 12.4. The predicted octanol–water partition coefficient (Wildman–Crippen LogP) is 6.61. The number of carbonyl (C=O) groups is 3. The first-order valence-electron chi connectivity index (χ1n) is 13.5. The van der Waals surface area contributed by atoms with Gasteiger partial charge in [-0.25, -0.2) is 4.79 Å². The maximum absolute atomic E-state index is 13.8. The van der Waals surface area contributed by atoms with E-state index in [0.717, 1.165) is 36.8 Å². The molecule has 2 aromatic rings. The van der Waals surface area contributed by atoms with Crippen LogP contribution in [-0.2, 0) is 17.9 Å². The second kappa shape index (κ2) is 11.8. The van der Waals surface area contributed by atoms with E-state index in [1.807, 2.05) is 34.1 Å². The molecule has 210 valence electrons. The van der Waals surface area contributed by atoms with E-state index in [4.69, 9.17) is 28.3 Å². The van der Waals surface area contributed by atoms with Crippen LogP contribution in [0.15, 0.2) is 42.5 Å². The molecule has 0 bridgehead atoms. The van der Waals surface area contributed by atoms with Gasteiger partial charge in [-0.1, -0.05) is 62.2 Å². The van der Waals surface area contributed by atoms with Crippen molar-refractivity contribution in [1.82, 2.24) is 15.1 Å². The molecule has 1 saturated carbocycles. The SMILES string of the molecule is CC(C)(C)C1CCC2(CC1)CN(Cc1ccc(Cl)c(Cl)c1)C(=O)N2Cc1ccc(C(=O)NCCC(=O)O)cc1. The lowest BCUT2D eigenvalue weighted by Gasteiger charge is -2.45. The van der Waals surface area contributed by atoms with Crippen LogP contribution < -0.4 is 5.32 Å². The Hall–Kier alpha value is -2.77. The fourth-order valence-electron chi connectivity index (χ4n) is 5.88. The molecule has 2 N–H and O–H groups in total. The molecule has 1 saturated heterocycles. The van der Waals surface area contributed by atoms with Gasteiger partial charge in [-0.05, 0) is 72.4 Å². The molecule has 0 unspecified atom stereocenters. The minimum atomic E-state index is -0.959. The van der Waals surface area contributed by atoms with E-state index in [2.05, 4.69) is 26.1 Å². The molecule has 1 aliphatic carbocycles. The minimum Gasteiger partial charge on any atom is -0.481 e. The lowest BCUT2D eigenvalue weighted by atomic mass is 9.67. The summed E-state index contributed by atoms with van der Waals surface area (Å²) in [4.78, 5) is 40.9. The number of amides is 3. The number of carboxylic acids is 1. The highest BCUT2D eigenvalue weighted by Crippen LogP contribution is 2.47. The Morgan fingerprint density at radius 1 is 1.00 bits per heavy atom. The Balaban J connectivity index is 1.52. The van der Waals surface area contributed by atoms with Gasteiger partial charge in [0.05, 0.1) is 22.0 Å². The zero-order valence-corrected chi connectivity index (χ0v) is 24.3. The van der Waals surface area contributed by atoms with Crippen molar-refractivity contribution in [1.29, 1.82) is 0 Å². The maximum Gasteiger partial charge on any atom is 0.321 e. The molecule has 2 aromatic carbocycles. The van der Waals surface area contributed by atoms with Crippen LogP contribution >= 0.6 is 23.2 Å². The summed E-state index contributed by atoms with van der Waals surface area (Å²) in [5.74, 6) is -0.660. The standard InChI is InChI=1S/C30H37Cl2N3O4/c1-29(2,3)23-10-13-30(14-11-23)19-34(17-21-6-9-24(31)25(32)16-21)28(39)35(30)18-20-4-7-22(8-5-20)27(38)33-15-12-26(36)37/h4-9,16,23H,10-15,17-19H2,1-3H3,(H,33,38)(H,36,37). The van der Waals surface area contributed by atoms with E-state index >= 15 is 0 Å². The molecule has 4 rings (SSSR count). The molecular weight excluding hydrogens is 537 g/mol. The monoisotopic (exact) mass is 573 g/mol. The summed E-state index contributed by atoms with van der Waals surface area (Å²) in [5.41, 5.74) is 2.33. The normalized spacial score (nSPS) is 21.5. The number of halogens is 2. The van der Waals surface area contributed by atoms with Gasteiger partial charge in [0, 0.05) is 31.7 Å². The summed E-state index contributed by atoms with van der Waals surface area (Å²) in [6.07, 6.45) is 3.91. The number of nitrogens with zero attached hydrogens (tertiary/aromatic N) is 2. The number of aliphatic carboxylic acids is 1. The number of carbonyl (C=O) groups excluding carboxylic acids is 2. The van der Waals surface area contributed by atoms with Crippen LogP contribution in [0.1, 0.15) is 74.4 Å². The lowest BCUT2D eigenvalue weighted by molar-refractivity contribution is -0.136. The number of nitrogens with one attached hydrogen (secondary N) is 1. The van der Waals surface area contributed by atoms with E-state index in [1.54, 1.807) is 18.2 Å². The van der Waals surface area contributed by atoms with Crippen molar-refractivity contribution in [2.75, 3.05) is 13.1 Å². The molecular formula is C30H37Cl2N3O4. The molecule has 1 spiro atoms. The third-order valence-electron chi connectivity index (χ3n) is 8.24. The Bertz CT molecular complexity index is 1220. The number of hydrogen-bond acceptors (Lipinski definition) is 3. The Morgan fingerprint density at radius 2 is 1.64 bits per heavy atom. The average molecular weight is 575 g/mol. The highest BCUT2D eigenvalue weighted by atomic mass is 35.5. The van der Waals surface area contributed by atoms with Gasteiger partial charge in [-0.15, -0.1) is 0 Å². The highest BCUT2D eigenvalue weighted by molar-refractivity contribution is 6.42. The van der Waals surface area contributed by atoms with Crippen LogP contribution in [0.5, 0.6) is 0 Å². The van der Waals surface area contributed by atoms with E-state index in [-0.39, 0.29) is 35.9 Å². The van der Waals surface area contributed by atoms with Crippen molar-refractivity contribution in [2.24, 2.45) is 11.3 Å². The van der Waals surface area contributed by atoms with Crippen LogP contribution in [0.2, 0.25) is 10.0 Å². The third-order valence-corrected chi connectivity index (χ3v) is 8.98. The van der Waals surface area contributed by atoms with Gasteiger partial charge in [-0.3, -0.25) is 9.59 Å². The lowest BCUT2D eigenvalue weighted by Crippen LogP contribution is -2.50. The van der Waals surface area contributed by atoms with Crippen molar-refractivity contribution in [3.8, 4) is 0 Å². The van der Waals surface area contributed by atoms with Crippen molar-refractivity contribution >= 4 is 41.1 Å². The van der Waals surface area contributed by atoms with Crippen LogP contribution in [0.3, 0.4) is 0 Å². The van der Waals surface area contributed by atoms with Crippen LogP contribution in [0, 0.1) is 11.3 Å². The van der Waals surface area contributed by atoms with Crippen molar-refractivity contribution in [2.45, 2.75) is 71.5 Å². The molecule has 1 aliphatic heterocycles. The summed E-state index contributed by atoms with van der Waals surface area (Å²) in [7, 11) is 0. The molecule has 1 heterocycles. The van der Waals surface area contributed by atoms with Gasteiger partial charge in [0.15, 0.2) is 0 Å². The largest absolute Gasteiger partial charge is 0.481 e. The van der Waals surface area contributed by atoms with Crippen molar-refractivity contribution < 1.29 is 19.5 Å². The Kier molecular flexibility index (Phi) is 8.82. The Labute approximate surface area is 240 Å². The summed E-state index contributed by atoms with van der Waals surface area (Å²) in [5, 5.41) is 12.4. The molecule has 7 nitrogen and oxygen atoms in total. The molecule has 3 amide bonds. The van der Waals surface area contributed by atoms with Crippen LogP contribution in [-0.4, -0.2) is 51.4 Å². The van der Waals surface area contributed by atoms with Gasteiger partial charge >= 0.3 is 12.0 Å². The number of urea groups is 1. The van der Waals surface area contributed by atoms with E-state index in [1.165, 1.54) is 0 Å². The average Bonchev–Trinajstić information content (AvgIpc) is 3.11. The molecule has 39 heavy (non-hydrogen) atoms. The maximum atomic E-state index is 13.8. The first-order chi connectivity index (χ1) is 18.4. The zero-order valence-electron chi connectivity index (χ0n) is 22.8. The van der Waals surface area contributed by atoms with Gasteiger partial charge in [0.25, 0.3) is 5.91 Å². The van der Waals surface area contributed by atoms with E-state index < -0.39 is 5.97 Å². The van der Waals surface area contributed by atoms with E-state index in [0.29, 0.717) is 41.2 Å². The molecule has 2 aliphatic rings. The van der Waals surface area contributed by atoms with E-state index in [9.17, 15) is 14.4 Å². The van der Waals surface area contributed by atoms with Gasteiger partial charge in [-0.2, -0.15) is 0 Å². The smallest absolute Gasteiger partial charge is 0.321 e. The molecule has 9 heteroatoms. The fourth-order valence-corrected chi connectivity index (χ4v) is 6.20. The molecule has 0 radical (unpaired) electrons. The zero-order chi connectivity index (χ0) is 28.4. The number of hydrogen-bond donors (Lipinski definition) is 2. The van der Waals surface area contributed by atoms with Crippen molar-refractivity contribution in [3.05, 3.63) is 69.2 Å². The predicted molar refractivity (Wildman–Crippen MR) is 153 cm³/mol. The Morgan fingerprint density at radius 3 is 2.23 bits per heavy atom. The van der Waals surface area contributed by atoms with Gasteiger partial charge in [0.2, 0.25) is 0 Å². The molecule has 0 atom stereocenters. The third kappa shape index (κ3) is 6.87. The quantitative estimate of drug-likeness (QED) is 0.371. The second-order valence-electron chi connectivity index (χ2n) is 11.9. The number of benzene rings is 2. The number of carboxylic acid groups (broad SMARTS) is 1. The van der Waals surface area contributed by atoms with Gasteiger partial charge < -0.3 is 20.2 Å². The topological polar surface area (TPSA) is 90.0 Å². The van der Waals surface area contributed by atoms with Crippen LogP contribution in [0.25, 0.3) is 0 Å². The second-order valence-corrected chi connectivity index (χ2v) is 12.7. The highest BCUT2D eigenvalue weighted by Gasteiger charge is 2.51. The van der Waals surface area contributed by atoms with Crippen molar-refractivity contribution in [3.63, 3.8) is 0 Å². The number of rotatable bonds is 8.